The van der Waals surface area contributed by atoms with E-state index in [1.165, 1.54) is 6.33 Å². The molecule has 170 valence electrons. The number of pyridine rings is 1. The normalized spacial score (nSPS) is 14.3. The maximum atomic E-state index is 6.38. The van der Waals surface area contributed by atoms with E-state index in [-0.39, 0.29) is 6.10 Å². The molecule has 0 amide bonds. The smallest absolute Gasteiger partial charge is 0.214 e. The van der Waals surface area contributed by atoms with Crippen LogP contribution >= 0.6 is 23.2 Å². The Hall–Kier alpha value is -2.55. The number of fused-ring (bicyclic) bond motifs is 1. The highest BCUT2D eigenvalue weighted by Gasteiger charge is 2.20. The van der Waals surface area contributed by atoms with E-state index in [0.717, 1.165) is 19.3 Å². The third-order valence-electron chi connectivity index (χ3n) is 4.95. The van der Waals surface area contributed by atoms with Gasteiger partial charge in [0.1, 0.15) is 29.7 Å². The van der Waals surface area contributed by atoms with E-state index in [9.17, 15) is 0 Å². The lowest BCUT2D eigenvalue weighted by atomic mass is 10.1. The number of nitrogens with one attached hydrogen (secondary N) is 1. The largest absolute Gasteiger partial charge is 0.493 e. The van der Waals surface area contributed by atoms with E-state index in [2.05, 4.69) is 20.3 Å². The van der Waals surface area contributed by atoms with Crippen LogP contribution in [-0.4, -0.2) is 53.9 Å². The molecule has 4 rings (SSSR count). The van der Waals surface area contributed by atoms with Gasteiger partial charge in [-0.1, -0.05) is 11.6 Å². The third kappa shape index (κ3) is 5.43. The molecule has 2 aromatic heterocycles. The van der Waals surface area contributed by atoms with Crippen LogP contribution in [0.4, 0.5) is 11.6 Å². The molecule has 32 heavy (non-hydrogen) atoms. The summed E-state index contributed by atoms with van der Waals surface area (Å²) in [7, 11) is 1.55. The molecule has 0 atom stereocenters. The van der Waals surface area contributed by atoms with Gasteiger partial charge in [-0.05, 0) is 12.5 Å². The number of halogens is 2. The molecule has 1 aromatic carbocycles. The van der Waals surface area contributed by atoms with Gasteiger partial charge in [0.2, 0.25) is 5.88 Å². The van der Waals surface area contributed by atoms with Crippen molar-refractivity contribution >= 4 is 45.7 Å². The van der Waals surface area contributed by atoms with E-state index < -0.39 is 0 Å². The molecule has 8 nitrogen and oxygen atoms in total. The van der Waals surface area contributed by atoms with Crippen molar-refractivity contribution in [1.29, 1.82) is 0 Å². The van der Waals surface area contributed by atoms with Crippen molar-refractivity contribution in [3.8, 4) is 17.4 Å². The third-order valence-corrected chi connectivity index (χ3v) is 5.52. The molecule has 10 heteroatoms. The number of hydrogen-bond donors (Lipinski definition) is 1. The Morgan fingerprint density at radius 2 is 2.00 bits per heavy atom. The molecule has 1 fully saturated rings. The zero-order chi connectivity index (χ0) is 22.3. The number of methoxy groups -OCH3 is 1. The van der Waals surface area contributed by atoms with Crippen LogP contribution in [0.25, 0.3) is 10.9 Å². The average molecular weight is 479 g/mol. The Morgan fingerprint density at radius 1 is 1.16 bits per heavy atom. The predicted octanol–water partition coefficient (Wildman–Crippen LogP) is 5.00. The predicted molar refractivity (Wildman–Crippen MR) is 124 cm³/mol. The Kier molecular flexibility index (Phi) is 7.68. The van der Waals surface area contributed by atoms with Crippen molar-refractivity contribution in [3.05, 3.63) is 35.6 Å². The zero-order valence-corrected chi connectivity index (χ0v) is 19.2. The van der Waals surface area contributed by atoms with E-state index in [4.69, 9.17) is 42.1 Å². The number of hydrogen-bond acceptors (Lipinski definition) is 8. The molecule has 1 saturated heterocycles. The second-order valence-corrected chi connectivity index (χ2v) is 7.95. The number of rotatable bonds is 9. The van der Waals surface area contributed by atoms with Gasteiger partial charge in [0.25, 0.3) is 0 Å². The fourth-order valence-electron chi connectivity index (χ4n) is 3.36. The first kappa shape index (κ1) is 22.6. The summed E-state index contributed by atoms with van der Waals surface area (Å²) in [6, 6.07) is 7.12. The molecule has 3 heterocycles. The van der Waals surface area contributed by atoms with Gasteiger partial charge in [-0.15, -0.1) is 11.6 Å². The monoisotopic (exact) mass is 478 g/mol. The van der Waals surface area contributed by atoms with E-state index in [0.29, 0.717) is 70.6 Å². The van der Waals surface area contributed by atoms with E-state index >= 15 is 0 Å². The zero-order valence-electron chi connectivity index (χ0n) is 17.6. The van der Waals surface area contributed by atoms with Crippen LogP contribution in [0.3, 0.4) is 0 Å². The first-order valence-electron chi connectivity index (χ1n) is 10.4. The summed E-state index contributed by atoms with van der Waals surface area (Å²) in [5.41, 5.74) is 0.673. The van der Waals surface area contributed by atoms with Crippen LogP contribution in [-0.2, 0) is 4.74 Å². The average Bonchev–Trinajstić information content (AvgIpc) is 2.81. The lowest BCUT2D eigenvalue weighted by molar-refractivity contribution is 0.0261. The Balaban J connectivity index is 1.74. The number of alkyl halides is 1. The van der Waals surface area contributed by atoms with Crippen molar-refractivity contribution in [2.45, 2.75) is 25.4 Å². The van der Waals surface area contributed by atoms with Crippen molar-refractivity contribution in [3.63, 3.8) is 0 Å². The lowest BCUT2D eigenvalue weighted by Crippen LogP contribution is -2.26. The maximum absolute atomic E-state index is 6.38. The minimum atomic E-state index is 0.0247. The van der Waals surface area contributed by atoms with E-state index in [1.807, 2.05) is 12.1 Å². The fraction of sp³-hybridized carbons (Fsp3) is 0.409. The summed E-state index contributed by atoms with van der Waals surface area (Å²) in [6.07, 6.45) is 3.85. The molecule has 1 aliphatic rings. The lowest BCUT2D eigenvalue weighted by Gasteiger charge is -2.24. The summed E-state index contributed by atoms with van der Waals surface area (Å²) in [4.78, 5) is 13.3. The van der Waals surface area contributed by atoms with Gasteiger partial charge >= 0.3 is 0 Å². The Bertz CT molecular complexity index is 1060. The molecule has 0 bridgehead atoms. The topological polar surface area (TPSA) is 87.6 Å². The highest BCUT2D eigenvalue weighted by molar-refractivity contribution is 6.33. The van der Waals surface area contributed by atoms with Crippen LogP contribution < -0.4 is 19.5 Å². The molecule has 0 radical (unpaired) electrons. The van der Waals surface area contributed by atoms with Crippen LogP contribution in [0.1, 0.15) is 19.3 Å². The van der Waals surface area contributed by atoms with Gasteiger partial charge in [-0.3, -0.25) is 0 Å². The van der Waals surface area contributed by atoms with Crippen molar-refractivity contribution in [2.75, 3.05) is 38.1 Å². The molecule has 1 aliphatic heterocycles. The SMILES string of the molecule is COc1ccc(Cl)c(Nc2ncnc3cc(OCCCCl)cc(OC4CCOCC4)c23)n1. The van der Waals surface area contributed by atoms with Crippen LogP contribution in [0.15, 0.2) is 30.6 Å². The summed E-state index contributed by atoms with van der Waals surface area (Å²) < 4.78 is 22.9. The van der Waals surface area contributed by atoms with Gasteiger partial charge in [0, 0.05) is 36.9 Å². The highest BCUT2D eigenvalue weighted by Crippen LogP contribution is 2.37. The molecule has 0 unspecified atom stereocenters. The van der Waals surface area contributed by atoms with Gasteiger partial charge in [0.15, 0.2) is 5.82 Å². The molecule has 3 aromatic rings. The minimum absolute atomic E-state index is 0.0247. The highest BCUT2D eigenvalue weighted by atomic mass is 35.5. The van der Waals surface area contributed by atoms with Crippen molar-refractivity contribution in [2.24, 2.45) is 0 Å². The number of nitrogens with zero attached hydrogens (tertiary/aromatic N) is 3. The van der Waals surface area contributed by atoms with Crippen LogP contribution in [0, 0.1) is 0 Å². The molecule has 1 N–H and O–H groups in total. The van der Waals surface area contributed by atoms with Gasteiger partial charge in [-0.2, -0.15) is 4.98 Å². The standard InChI is InChI=1S/C22H24Cl2N4O4/c1-29-19-4-3-16(24)21(27-19)28-22-20-17(25-13-26-22)11-15(31-8-2-7-23)12-18(20)32-14-5-9-30-10-6-14/h3-4,11-14H,2,5-10H2,1H3,(H,25,26,27,28). The molecular formula is C22H24Cl2N4O4. The maximum Gasteiger partial charge on any atom is 0.214 e. The van der Waals surface area contributed by atoms with Crippen LogP contribution in [0.5, 0.6) is 17.4 Å². The molecule has 0 aliphatic carbocycles. The van der Waals surface area contributed by atoms with E-state index in [1.54, 1.807) is 19.2 Å². The number of aromatic nitrogens is 3. The summed E-state index contributed by atoms with van der Waals surface area (Å²) in [5, 5.41) is 4.35. The minimum Gasteiger partial charge on any atom is -0.493 e. The quantitative estimate of drug-likeness (QED) is 0.339. The molecular weight excluding hydrogens is 455 g/mol. The Morgan fingerprint density at radius 3 is 2.78 bits per heavy atom. The molecule has 0 spiro atoms. The van der Waals surface area contributed by atoms with Gasteiger partial charge < -0.3 is 24.3 Å². The number of ether oxygens (including phenoxy) is 4. The van der Waals surface area contributed by atoms with Gasteiger partial charge in [0.05, 0.1) is 42.9 Å². The van der Waals surface area contributed by atoms with Gasteiger partial charge in [-0.25, -0.2) is 9.97 Å². The van der Waals surface area contributed by atoms with Crippen molar-refractivity contribution in [1.82, 2.24) is 15.0 Å². The summed E-state index contributed by atoms with van der Waals surface area (Å²) in [6.45, 7) is 1.84. The second-order valence-electron chi connectivity index (χ2n) is 7.17. The Labute approximate surface area is 196 Å². The first-order valence-corrected chi connectivity index (χ1v) is 11.3. The number of anilines is 2. The van der Waals surface area contributed by atoms with Crippen molar-refractivity contribution < 1.29 is 18.9 Å². The summed E-state index contributed by atoms with van der Waals surface area (Å²) >= 11 is 12.1. The molecule has 0 saturated carbocycles. The van der Waals surface area contributed by atoms with Crippen LogP contribution in [0.2, 0.25) is 5.02 Å². The second kappa shape index (κ2) is 10.8. The fourth-order valence-corrected chi connectivity index (χ4v) is 3.62. The first-order chi connectivity index (χ1) is 15.7. The number of benzene rings is 1. The summed E-state index contributed by atoms with van der Waals surface area (Å²) in [5.74, 6) is 3.19.